The molecule has 4 heterocycles. The highest BCUT2D eigenvalue weighted by Gasteiger charge is 2.66. The first-order valence-corrected chi connectivity index (χ1v) is 10.5. The minimum Gasteiger partial charge on any atom is -0.365 e. The number of thiazole rings is 1. The van der Waals surface area contributed by atoms with Crippen molar-refractivity contribution < 1.29 is 17.9 Å². The summed E-state index contributed by atoms with van der Waals surface area (Å²) in [7, 11) is -3.38. The molecule has 0 aliphatic carbocycles. The average molecular weight is 371 g/mol. The topological polar surface area (TPSA) is 79.8 Å². The van der Waals surface area contributed by atoms with E-state index in [1.54, 1.807) is 10.3 Å². The van der Waals surface area contributed by atoms with Crippen LogP contribution in [0, 0.1) is 6.92 Å². The third-order valence-electron chi connectivity index (χ3n) is 5.16. The van der Waals surface area contributed by atoms with Gasteiger partial charge in [-0.3, -0.25) is 4.79 Å². The maximum absolute atomic E-state index is 12.8. The molecule has 0 radical (unpaired) electrons. The lowest BCUT2D eigenvalue weighted by molar-refractivity contribution is -0.0989. The zero-order valence-corrected chi connectivity index (χ0v) is 15.6. The van der Waals surface area contributed by atoms with Crippen molar-refractivity contribution in [2.75, 3.05) is 19.6 Å². The molecule has 9 heteroatoms. The first-order valence-electron chi connectivity index (χ1n) is 8.13. The van der Waals surface area contributed by atoms with E-state index in [2.05, 4.69) is 4.98 Å². The number of hydrogen-bond donors (Lipinski definition) is 0. The summed E-state index contributed by atoms with van der Waals surface area (Å²) in [6, 6.07) is -0.107. The maximum Gasteiger partial charge on any atom is 0.273 e. The van der Waals surface area contributed by atoms with Gasteiger partial charge in [0, 0.05) is 24.5 Å². The van der Waals surface area contributed by atoms with Gasteiger partial charge in [0.25, 0.3) is 5.91 Å². The highest BCUT2D eigenvalue weighted by Crippen LogP contribution is 2.47. The van der Waals surface area contributed by atoms with Crippen molar-refractivity contribution >= 4 is 27.3 Å². The van der Waals surface area contributed by atoms with E-state index in [4.69, 9.17) is 4.74 Å². The zero-order valence-electron chi connectivity index (χ0n) is 13.9. The Balaban J connectivity index is 1.64. The number of carbonyl (C=O) groups is 1. The molecule has 7 nitrogen and oxygen atoms in total. The molecule has 2 bridgehead atoms. The van der Waals surface area contributed by atoms with Crippen LogP contribution in [-0.4, -0.2) is 71.1 Å². The SMILES string of the molecule is Cc1nc(C(=O)N2C[C@H]3C[C@H]4[C@](C2)(CN(C(C)C)S4(=O)=O)O3)cs1. The van der Waals surface area contributed by atoms with Crippen LogP contribution in [0.1, 0.15) is 35.8 Å². The smallest absolute Gasteiger partial charge is 0.273 e. The summed E-state index contributed by atoms with van der Waals surface area (Å²) in [5.74, 6) is -0.131. The minimum atomic E-state index is -3.38. The van der Waals surface area contributed by atoms with Crippen molar-refractivity contribution in [1.82, 2.24) is 14.2 Å². The van der Waals surface area contributed by atoms with Crippen LogP contribution in [0.5, 0.6) is 0 Å². The van der Waals surface area contributed by atoms with Gasteiger partial charge < -0.3 is 9.64 Å². The predicted molar refractivity (Wildman–Crippen MR) is 89.5 cm³/mol. The van der Waals surface area contributed by atoms with Crippen LogP contribution in [0.25, 0.3) is 0 Å². The van der Waals surface area contributed by atoms with Gasteiger partial charge in [0.2, 0.25) is 10.0 Å². The van der Waals surface area contributed by atoms with Crippen LogP contribution in [0.15, 0.2) is 5.38 Å². The van der Waals surface area contributed by atoms with Gasteiger partial charge in [-0.1, -0.05) is 0 Å². The molecule has 132 valence electrons. The summed E-state index contributed by atoms with van der Waals surface area (Å²) in [6.07, 6.45) is 0.252. The molecule has 3 atom stereocenters. The lowest BCUT2D eigenvalue weighted by Crippen LogP contribution is -2.56. The first kappa shape index (κ1) is 16.4. The van der Waals surface area contributed by atoms with Crippen molar-refractivity contribution in [3.8, 4) is 0 Å². The van der Waals surface area contributed by atoms with Crippen molar-refractivity contribution in [2.24, 2.45) is 0 Å². The molecule has 3 aliphatic rings. The quantitative estimate of drug-likeness (QED) is 0.770. The maximum atomic E-state index is 12.8. The second-order valence-corrected chi connectivity index (χ2v) is 10.3. The van der Waals surface area contributed by atoms with Gasteiger partial charge in [-0.25, -0.2) is 13.4 Å². The molecule has 1 aromatic heterocycles. The Morgan fingerprint density at radius 1 is 1.46 bits per heavy atom. The van der Waals surface area contributed by atoms with E-state index >= 15 is 0 Å². The highest BCUT2D eigenvalue weighted by molar-refractivity contribution is 7.90. The summed E-state index contributed by atoms with van der Waals surface area (Å²) < 4.78 is 33.3. The van der Waals surface area contributed by atoms with Gasteiger partial charge in [0.15, 0.2) is 0 Å². The van der Waals surface area contributed by atoms with Crippen molar-refractivity contribution in [3.63, 3.8) is 0 Å². The van der Waals surface area contributed by atoms with Crippen molar-refractivity contribution in [2.45, 2.75) is 50.2 Å². The summed E-state index contributed by atoms with van der Waals surface area (Å²) >= 11 is 1.44. The normalized spacial score (nSPS) is 34.8. The number of nitrogens with zero attached hydrogens (tertiary/aromatic N) is 3. The molecule has 0 aromatic carbocycles. The summed E-state index contributed by atoms with van der Waals surface area (Å²) in [6.45, 7) is 6.68. The standard InChI is InChI=1S/C15H21N3O4S2/c1-9(2)18-8-15-7-17(14(19)12-6-23-10(3)16-12)5-11(22-15)4-13(15)24(18,20)21/h6,9,11,13H,4-5,7-8H2,1-3H3/t11-,13+,15+/m1/s1. The largest absolute Gasteiger partial charge is 0.365 e. The van der Waals surface area contributed by atoms with Crippen molar-refractivity contribution in [3.05, 3.63) is 16.1 Å². The molecule has 4 rings (SSSR count). The number of sulfonamides is 1. The number of aryl methyl sites for hydroxylation is 1. The van der Waals surface area contributed by atoms with Crippen LogP contribution in [0.2, 0.25) is 0 Å². The van der Waals surface area contributed by atoms with E-state index in [1.165, 1.54) is 15.6 Å². The number of morpholine rings is 1. The fourth-order valence-electron chi connectivity index (χ4n) is 4.15. The van der Waals surface area contributed by atoms with E-state index < -0.39 is 20.9 Å². The van der Waals surface area contributed by atoms with Crippen LogP contribution in [0.4, 0.5) is 0 Å². The van der Waals surface area contributed by atoms with Crippen LogP contribution < -0.4 is 0 Å². The third-order valence-corrected chi connectivity index (χ3v) is 8.48. The van der Waals surface area contributed by atoms with E-state index in [0.717, 1.165) is 5.01 Å². The molecule has 0 unspecified atom stereocenters. The van der Waals surface area contributed by atoms with E-state index in [0.29, 0.717) is 31.7 Å². The number of likely N-dealkylation sites (tertiary alicyclic amines) is 1. The monoisotopic (exact) mass is 371 g/mol. The fraction of sp³-hybridized carbons (Fsp3) is 0.733. The number of hydrogen-bond acceptors (Lipinski definition) is 6. The predicted octanol–water partition coefficient (Wildman–Crippen LogP) is 0.857. The number of carbonyl (C=O) groups excluding carboxylic acids is 1. The first-order chi connectivity index (χ1) is 11.2. The van der Waals surface area contributed by atoms with Crippen LogP contribution in [0.3, 0.4) is 0 Å². The molecule has 3 saturated heterocycles. The van der Waals surface area contributed by atoms with Gasteiger partial charge >= 0.3 is 0 Å². The van der Waals surface area contributed by atoms with Crippen LogP contribution >= 0.6 is 11.3 Å². The average Bonchev–Trinajstić information content (AvgIpc) is 3.10. The van der Waals surface area contributed by atoms with Gasteiger partial charge in [-0.15, -0.1) is 11.3 Å². The Kier molecular flexibility index (Phi) is 3.58. The second kappa shape index (κ2) is 5.23. The van der Waals surface area contributed by atoms with E-state index in [-0.39, 0.29) is 18.1 Å². The number of rotatable bonds is 2. The Bertz CT molecular complexity index is 790. The molecule has 1 amide bonds. The van der Waals surface area contributed by atoms with Gasteiger partial charge in [-0.05, 0) is 27.2 Å². The number of fused-ring (bicyclic) bond motifs is 1. The Morgan fingerprint density at radius 3 is 2.83 bits per heavy atom. The van der Waals surface area contributed by atoms with Crippen molar-refractivity contribution in [1.29, 1.82) is 0 Å². The Hall–Kier alpha value is -1.03. The molecular formula is C15H21N3O4S2. The summed E-state index contributed by atoms with van der Waals surface area (Å²) in [4.78, 5) is 18.7. The minimum absolute atomic E-state index is 0.107. The zero-order chi connectivity index (χ0) is 17.3. The highest BCUT2D eigenvalue weighted by atomic mass is 32.2. The number of amides is 1. The number of ether oxygens (including phenoxy) is 1. The summed E-state index contributed by atoms with van der Waals surface area (Å²) in [5.41, 5.74) is -0.361. The third kappa shape index (κ3) is 2.25. The molecule has 0 saturated carbocycles. The Morgan fingerprint density at radius 2 is 2.21 bits per heavy atom. The lowest BCUT2D eigenvalue weighted by atomic mass is 9.99. The van der Waals surface area contributed by atoms with Gasteiger partial charge in [-0.2, -0.15) is 4.31 Å². The molecule has 1 aromatic rings. The molecule has 1 spiro atoms. The molecule has 3 fully saturated rings. The number of aromatic nitrogens is 1. The van der Waals surface area contributed by atoms with E-state index in [9.17, 15) is 13.2 Å². The van der Waals surface area contributed by atoms with Gasteiger partial charge in [0.1, 0.15) is 16.5 Å². The fourth-order valence-corrected chi connectivity index (χ4v) is 7.25. The van der Waals surface area contributed by atoms with Crippen LogP contribution in [-0.2, 0) is 14.8 Å². The van der Waals surface area contributed by atoms with Gasteiger partial charge in [0.05, 0.1) is 17.7 Å². The lowest BCUT2D eigenvalue weighted by Gasteiger charge is -2.39. The molecule has 3 aliphatic heterocycles. The summed E-state index contributed by atoms with van der Waals surface area (Å²) in [5, 5.41) is 2.06. The molecular weight excluding hydrogens is 350 g/mol. The molecule has 24 heavy (non-hydrogen) atoms. The second-order valence-electron chi connectivity index (χ2n) is 7.15. The Labute approximate surface area is 145 Å². The molecule has 0 N–H and O–H groups in total. The van der Waals surface area contributed by atoms with E-state index in [1.807, 2.05) is 20.8 Å².